The van der Waals surface area contributed by atoms with E-state index in [4.69, 9.17) is 9.84 Å². The zero-order chi connectivity index (χ0) is 16.9. The van der Waals surface area contributed by atoms with Crippen LogP contribution >= 0.6 is 0 Å². The zero-order valence-electron chi connectivity index (χ0n) is 14.5. The first kappa shape index (κ1) is 17.2. The summed E-state index contributed by atoms with van der Waals surface area (Å²) in [6.07, 6.45) is 3.86. The Morgan fingerprint density at radius 3 is 2.62 bits per heavy atom. The van der Waals surface area contributed by atoms with E-state index in [0.29, 0.717) is 0 Å². The van der Waals surface area contributed by atoms with Crippen LogP contribution in [0.1, 0.15) is 30.4 Å². The van der Waals surface area contributed by atoms with Crippen molar-refractivity contribution in [1.29, 1.82) is 0 Å². The third-order valence-corrected chi connectivity index (χ3v) is 5.39. The number of piperidine rings is 1. The lowest BCUT2D eigenvalue weighted by molar-refractivity contribution is -0.143. The first-order valence-corrected chi connectivity index (χ1v) is 8.99. The number of ether oxygens (including phenoxy) is 1. The summed E-state index contributed by atoms with van der Waals surface area (Å²) in [5.74, 6) is 0.184. The summed E-state index contributed by atoms with van der Waals surface area (Å²) in [5.41, 5.74) is 2.84. The van der Waals surface area contributed by atoms with Crippen molar-refractivity contribution in [1.82, 2.24) is 9.80 Å². The second kappa shape index (κ2) is 7.99. The van der Waals surface area contributed by atoms with Gasteiger partial charge in [0.15, 0.2) is 0 Å². The van der Waals surface area contributed by atoms with E-state index in [-0.39, 0.29) is 5.92 Å². The Morgan fingerprint density at radius 1 is 1.17 bits per heavy atom. The van der Waals surface area contributed by atoms with Crippen molar-refractivity contribution in [2.45, 2.75) is 32.2 Å². The number of methoxy groups -OCH3 is 1. The number of nitrogens with zero attached hydrogens (tertiary/aromatic N) is 2. The van der Waals surface area contributed by atoms with Gasteiger partial charge in [-0.15, -0.1) is 0 Å². The number of hydrogen-bond donors (Lipinski definition) is 1. The van der Waals surface area contributed by atoms with E-state index < -0.39 is 5.97 Å². The molecule has 5 nitrogen and oxygen atoms in total. The van der Waals surface area contributed by atoms with Gasteiger partial charge in [0, 0.05) is 13.1 Å². The van der Waals surface area contributed by atoms with E-state index in [9.17, 15) is 4.79 Å². The monoisotopic (exact) mass is 332 g/mol. The number of carboxylic acid groups (broad SMARTS) is 1. The summed E-state index contributed by atoms with van der Waals surface area (Å²) in [4.78, 5) is 15.9. The van der Waals surface area contributed by atoms with Crippen LogP contribution in [0.15, 0.2) is 18.2 Å². The molecule has 5 heteroatoms. The van der Waals surface area contributed by atoms with Crippen molar-refractivity contribution >= 4 is 5.97 Å². The van der Waals surface area contributed by atoms with Gasteiger partial charge >= 0.3 is 5.97 Å². The summed E-state index contributed by atoms with van der Waals surface area (Å²) in [6, 6.07) is 6.41. The molecule has 0 atom stereocenters. The Bertz CT molecular complexity index is 568. The Balaban J connectivity index is 1.41. The zero-order valence-corrected chi connectivity index (χ0v) is 14.5. The molecular weight excluding hydrogens is 304 g/mol. The molecule has 0 bridgehead atoms. The molecule has 0 aliphatic carbocycles. The van der Waals surface area contributed by atoms with Crippen molar-refractivity contribution in [3.63, 3.8) is 0 Å². The maximum atomic E-state index is 11.0. The van der Waals surface area contributed by atoms with Crippen molar-refractivity contribution < 1.29 is 14.6 Å². The first-order chi connectivity index (χ1) is 11.7. The van der Waals surface area contributed by atoms with Crippen LogP contribution in [0, 0.1) is 5.92 Å². The number of carbonyl (C=O) groups is 1. The van der Waals surface area contributed by atoms with Crippen LogP contribution in [0.2, 0.25) is 0 Å². The van der Waals surface area contributed by atoms with Gasteiger partial charge in [0.2, 0.25) is 0 Å². The maximum absolute atomic E-state index is 11.0. The molecule has 24 heavy (non-hydrogen) atoms. The van der Waals surface area contributed by atoms with Crippen molar-refractivity contribution in [2.75, 3.05) is 39.8 Å². The van der Waals surface area contributed by atoms with E-state index in [2.05, 4.69) is 28.0 Å². The fourth-order valence-corrected chi connectivity index (χ4v) is 3.83. The second-order valence-electron chi connectivity index (χ2n) is 6.97. The molecule has 1 aromatic rings. The standard InChI is InChI=1S/C19H28N2O3/c1-24-18-4-3-15-5-12-21(14-17(15)13-18)9-2-8-20-10-6-16(7-11-20)19(22)23/h3-4,13,16H,2,5-12,14H2,1H3,(H,22,23). The normalized spacial score (nSPS) is 19.9. The van der Waals surface area contributed by atoms with Gasteiger partial charge in [-0.3, -0.25) is 9.69 Å². The highest BCUT2D eigenvalue weighted by atomic mass is 16.5. The van der Waals surface area contributed by atoms with Gasteiger partial charge in [-0.25, -0.2) is 0 Å². The smallest absolute Gasteiger partial charge is 0.306 e. The highest BCUT2D eigenvalue weighted by molar-refractivity contribution is 5.70. The lowest BCUT2D eigenvalue weighted by Crippen LogP contribution is -2.38. The molecule has 2 aliphatic heterocycles. The Kier molecular flexibility index (Phi) is 5.74. The molecule has 1 saturated heterocycles. The van der Waals surface area contributed by atoms with Crippen LogP contribution in [-0.2, 0) is 17.8 Å². The number of benzene rings is 1. The van der Waals surface area contributed by atoms with Crippen molar-refractivity contribution in [3.8, 4) is 5.75 Å². The van der Waals surface area contributed by atoms with E-state index in [1.54, 1.807) is 7.11 Å². The molecule has 0 radical (unpaired) electrons. The molecule has 1 fully saturated rings. The van der Waals surface area contributed by atoms with Crippen LogP contribution in [0.3, 0.4) is 0 Å². The highest BCUT2D eigenvalue weighted by Crippen LogP contribution is 2.24. The Labute approximate surface area is 144 Å². The average molecular weight is 332 g/mol. The minimum atomic E-state index is -0.628. The predicted octanol–water partition coefficient (Wildman–Crippen LogP) is 2.24. The topological polar surface area (TPSA) is 53.0 Å². The summed E-state index contributed by atoms with van der Waals surface area (Å²) in [6.45, 7) is 6.17. The number of likely N-dealkylation sites (tertiary alicyclic amines) is 1. The van der Waals surface area contributed by atoms with E-state index in [0.717, 1.165) is 70.7 Å². The molecule has 2 heterocycles. The fraction of sp³-hybridized carbons (Fsp3) is 0.632. The van der Waals surface area contributed by atoms with Crippen LogP contribution in [0.25, 0.3) is 0 Å². The van der Waals surface area contributed by atoms with Crippen molar-refractivity contribution in [2.24, 2.45) is 5.92 Å². The molecule has 0 aromatic heterocycles. The summed E-state index contributed by atoms with van der Waals surface area (Å²) >= 11 is 0. The predicted molar refractivity (Wildman–Crippen MR) is 93.4 cm³/mol. The Hall–Kier alpha value is -1.59. The van der Waals surface area contributed by atoms with Crippen LogP contribution in [0.4, 0.5) is 0 Å². The molecule has 1 N–H and O–H groups in total. The number of carboxylic acids is 1. The lowest BCUT2D eigenvalue weighted by Gasteiger charge is -2.32. The summed E-state index contributed by atoms with van der Waals surface area (Å²) in [7, 11) is 1.72. The number of hydrogen-bond acceptors (Lipinski definition) is 4. The molecular formula is C19H28N2O3. The van der Waals surface area contributed by atoms with Gasteiger partial charge in [0.05, 0.1) is 13.0 Å². The number of fused-ring (bicyclic) bond motifs is 1. The first-order valence-electron chi connectivity index (χ1n) is 8.99. The third kappa shape index (κ3) is 4.28. The van der Waals surface area contributed by atoms with Crippen molar-refractivity contribution in [3.05, 3.63) is 29.3 Å². The van der Waals surface area contributed by atoms with Crippen LogP contribution < -0.4 is 4.74 Å². The van der Waals surface area contributed by atoms with E-state index in [1.807, 2.05) is 0 Å². The summed E-state index contributed by atoms with van der Waals surface area (Å²) < 4.78 is 5.33. The largest absolute Gasteiger partial charge is 0.497 e. The molecule has 0 spiro atoms. The fourth-order valence-electron chi connectivity index (χ4n) is 3.83. The second-order valence-corrected chi connectivity index (χ2v) is 6.97. The van der Waals surface area contributed by atoms with Gasteiger partial charge in [-0.1, -0.05) is 6.07 Å². The minimum absolute atomic E-state index is 0.130. The van der Waals surface area contributed by atoms with Gasteiger partial charge in [-0.2, -0.15) is 0 Å². The molecule has 0 saturated carbocycles. The molecule has 0 unspecified atom stereocenters. The van der Waals surface area contributed by atoms with Crippen LogP contribution in [-0.4, -0.2) is 60.7 Å². The van der Waals surface area contributed by atoms with Gasteiger partial charge in [0.1, 0.15) is 5.75 Å². The highest BCUT2D eigenvalue weighted by Gasteiger charge is 2.24. The van der Waals surface area contributed by atoms with E-state index in [1.165, 1.54) is 11.1 Å². The minimum Gasteiger partial charge on any atom is -0.497 e. The van der Waals surface area contributed by atoms with Gasteiger partial charge < -0.3 is 14.7 Å². The molecule has 1 aromatic carbocycles. The SMILES string of the molecule is COc1ccc2c(c1)CN(CCCN1CCC(C(=O)O)CC1)CC2. The average Bonchev–Trinajstić information content (AvgIpc) is 2.61. The maximum Gasteiger partial charge on any atom is 0.306 e. The van der Waals surface area contributed by atoms with Gasteiger partial charge in [-0.05, 0) is 75.1 Å². The Morgan fingerprint density at radius 2 is 1.92 bits per heavy atom. The van der Waals surface area contributed by atoms with E-state index >= 15 is 0 Å². The third-order valence-electron chi connectivity index (χ3n) is 5.39. The number of rotatable bonds is 6. The quantitative estimate of drug-likeness (QED) is 0.866. The number of aliphatic carboxylic acids is 1. The molecule has 3 rings (SSSR count). The van der Waals surface area contributed by atoms with Gasteiger partial charge in [0.25, 0.3) is 0 Å². The lowest BCUT2D eigenvalue weighted by atomic mass is 9.97. The molecule has 132 valence electrons. The van der Waals surface area contributed by atoms with Crippen LogP contribution in [0.5, 0.6) is 5.75 Å². The summed E-state index contributed by atoms with van der Waals surface area (Å²) in [5, 5.41) is 9.05. The molecule has 0 amide bonds. The molecule has 2 aliphatic rings.